The third-order valence-electron chi connectivity index (χ3n) is 2.52. The van der Waals surface area contributed by atoms with Crippen LogP contribution in [0.2, 0.25) is 5.02 Å². The molecular formula is C12H15ClO3. The van der Waals surface area contributed by atoms with Crippen molar-refractivity contribution >= 4 is 17.6 Å². The van der Waals surface area contributed by atoms with E-state index in [1.165, 1.54) is 7.11 Å². The van der Waals surface area contributed by atoms with E-state index in [9.17, 15) is 9.90 Å². The number of halogens is 1. The van der Waals surface area contributed by atoms with Crippen molar-refractivity contribution < 1.29 is 14.6 Å². The van der Waals surface area contributed by atoms with Gasteiger partial charge in [0.1, 0.15) is 0 Å². The molecule has 0 spiro atoms. The lowest BCUT2D eigenvalue weighted by Gasteiger charge is -2.19. The summed E-state index contributed by atoms with van der Waals surface area (Å²) < 4.78 is 4.64. The zero-order valence-electron chi connectivity index (χ0n) is 9.31. The molecule has 2 unspecified atom stereocenters. The minimum absolute atomic E-state index is 0.407. The van der Waals surface area contributed by atoms with E-state index < -0.39 is 18.0 Å². The second kappa shape index (κ2) is 5.87. The van der Waals surface area contributed by atoms with Crippen molar-refractivity contribution in [1.29, 1.82) is 0 Å². The van der Waals surface area contributed by atoms with Crippen molar-refractivity contribution in [3.05, 3.63) is 34.9 Å². The van der Waals surface area contributed by atoms with Crippen LogP contribution in [0.4, 0.5) is 0 Å². The number of ether oxygens (including phenoxy) is 1. The summed E-state index contributed by atoms with van der Waals surface area (Å²) >= 11 is 5.82. The second-order valence-electron chi connectivity index (χ2n) is 3.54. The average Bonchev–Trinajstić information content (AvgIpc) is 2.29. The summed E-state index contributed by atoms with van der Waals surface area (Å²) in [5, 5.41) is 10.6. The Morgan fingerprint density at radius 2 is 2.25 bits per heavy atom. The smallest absolute Gasteiger partial charge is 0.311 e. The standard InChI is InChI=1S/C12H15ClO3/c1-3-10(12(15)16-2)11(14)8-5-4-6-9(13)7-8/h4-7,10-11,14H,3H2,1-2H3. The molecule has 1 aromatic carbocycles. The molecule has 2 atom stereocenters. The van der Waals surface area contributed by atoms with Gasteiger partial charge in [-0.1, -0.05) is 30.7 Å². The number of hydrogen-bond donors (Lipinski definition) is 1. The van der Waals surface area contributed by atoms with E-state index >= 15 is 0 Å². The van der Waals surface area contributed by atoms with Gasteiger partial charge in [-0.05, 0) is 24.1 Å². The van der Waals surface area contributed by atoms with Crippen molar-refractivity contribution in [3.63, 3.8) is 0 Å². The fraction of sp³-hybridized carbons (Fsp3) is 0.417. The molecule has 0 radical (unpaired) electrons. The molecule has 0 bridgehead atoms. The van der Waals surface area contributed by atoms with Gasteiger partial charge in [0.2, 0.25) is 0 Å². The van der Waals surface area contributed by atoms with Gasteiger partial charge in [-0.15, -0.1) is 0 Å². The van der Waals surface area contributed by atoms with E-state index in [-0.39, 0.29) is 0 Å². The van der Waals surface area contributed by atoms with Crippen molar-refractivity contribution in [2.24, 2.45) is 5.92 Å². The lowest BCUT2D eigenvalue weighted by Crippen LogP contribution is -2.22. The zero-order chi connectivity index (χ0) is 12.1. The van der Waals surface area contributed by atoms with Crippen LogP contribution in [0.5, 0.6) is 0 Å². The van der Waals surface area contributed by atoms with Crippen LogP contribution in [0.15, 0.2) is 24.3 Å². The minimum atomic E-state index is -0.879. The van der Waals surface area contributed by atoms with Crippen LogP contribution >= 0.6 is 11.6 Å². The van der Waals surface area contributed by atoms with Crippen LogP contribution < -0.4 is 0 Å². The summed E-state index contributed by atoms with van der Waals surface area (Å²) in [7, 11) is 1.32. The topological polar surface area (TPSA) is 46.5 Å². The number of methoxy groups -OCH3 is 1. The summed E-state index contributed by atoms with van der Waals surface area (Å²) in [4.78, 5) is 11.4. The third-order valence-corrected chi connectivity index (χ3v) is 2.75. The molecule has 1 N–H and O–H groups in total. The number of esters is 1. The van der Waals surface area contributed by atoms with E-state index in [0.717, 1.165) is 0 Å². The van der Waals surface area contributed by atoms with Gasteiger partial charge < -0.3 is 9.84 Å². The molecule has 0 aliphatic heterocycles. The first-order chi connectivity index (χ1) is 7.60. The largest absolute Gasteiger partial charge is 0.469 e. The Bertz CT molecular complexity index is 365. The molecule has 0 heterocycles. The zero-order valence-corrected chi connectivity index (χ0v) is 10.1. The van der Waals surface area contributed by atoms with Crippen LogP contribution in [0.25, 0.3) is 0 Å². The average molecular weight is 243 g/mol. The highest BCUT2D eigenvalue weighted by molar-refractivity contribution is 6.30. The first-order valence-electron chi connectivity index (χ1n) is 5.11. The predicted molar refractivity (Wildman–Crippen MR) is 62.2 cm³/mol. The van der Waals surface area contributed by atoms with Gasteiger partial charge in [0, 0.05) is 5.02 Å². The SMILES string of the molecule is CCC(C(=O)OC)C(O)c1cccc(Cl)c1. The van der Waals surface area contributed by atoms with E-state index in [1.54, 1.807) is 24.3 Å². The number of benzene rings is 1. The number of carbonyl (C=O) groups excluding carboxylic acids is 1. The summed E-state index contributed by atoms with van der Waals surface area (Å²) in [6.45, 7) is 1.83. The maximum Gasteiger partial charge on any atom is 0.311 e. The highest BCUT2D eigenvalue weighted by Crippen LogP contribution is 2.27. The lowest BCUT2D eigenvalue weighted by atomic mass is 9.93. The van der Waals surface area contributed by atoms with Gasteiger partial charge in [0.15, 0.2) is 0 Å². The van der Waals surface area contributed by atoms with Crippen LogP contribution in [0, 0.1) is 5.92 Å². The van der Waals surface area contributed by atoms with Gasteiger partial charge in [-0.2, -0.15) is 0 Å². The van der Waals surface area contributed by atoms with E-state index in [0.29, 0.717) is 17.0 Å². The molecule has 0 saturated carbocycles. The number of aliphatic hydroxyl groups is 1. The number of carbonyl (C=O) groups is 1. The minimum Gasteiger partial charge on any atom is -0.469 e. The predicted octanol–water partition coefficient (Wildman–Crippen LogP) is 2.57. The van der Waals surface area contributed by atoms with Crippen molar-refractivity contribution in [3.8, 4) is 0 Å². The lowest BCUT2D eigenvalue weighted by molar-refractivity contribution is -0.149. The van der Waals surface area contributed by atoms with Crippen molar-refractivity contribution in [1.82, 2.24) is 0 Å². The monoisotopic (exact) mass is 242 g/mol. The maximum absolute atomic E-state index is 11.4. The molecule has 0 saturated heterocycles. The Balaban J connectivity index is 2.90. The molecule has 0 aliphatic carbocycles. The molecule has 0 amide bonds. The quantitative estimate of drug-likeness (QED) is 0.826. The summed E-state index contributed by atoms with van der Waals surface area (Å²) in [5.74, 6) is -0.960. The van der Waals surface area contributed by atoms with Gasteiger partial charge in [-0.3, -0.25) is 4.79 Å². The number of rotatable bonds is 4. The normalized spacial score (nSPS) is 14.2. The van der Waals surface area contributed by atoms with Gasteiger partial charge >= 0.3 is 5.97 Å². The third kappa shape index (κ3) is 2.97. The Labute approximate surface area is 100.0 Å². The molecule has 1 rings (SSSR count). The summed E-state index contributed by atoms with van der Waals surface area (Å²) in [5.41, 5.74) is 0.629. The second-order valence-corrected chi connectivity index (χ2v) is 3.97. The fourth-order valence-corrected chi connectivity index (χ4v) is 1.79. The van der Waals surface area contributed by atoms with Crippen LogP contribution in [-0.4, -0.2) is 18.2 Å². The van der Waals surface area contributed by atoms with Gasteiger partial charge in [-0.25, -0.2) is 0 Å². The molecule has 1 aromatic rings. The Hall–Kier alpha value is -1.06. The van der Waals surface area contributed by atoms with Crippen molar-refractivity contribution in [2.75, 3.05) is 7.11 Å². The maximum atomic E-state index is 11.4. The molecule has 16 heavy (non-hydrogen) atoms. The van der Waals surface area contributed by atoms with E-state index in [4.69, 9.17) is 11.6 Å². The Kier molecular flexibility index (Phi) is 4.77. The van der Waals surface area contributed by atoms with E-state index in [2.05, 4.69) is 4.74 Å². The number of aliphatic hydroxyl groups excluding tert-OH is 1. The van der Waals surface area contributed by atoms with Gasteiger partial charge in [0.05, 0.1) is 19.1 Å². The summed E-state index contributed by atoms with van der Waals surface area (Å²) in [6.07, 6.45) is -0.364. The first kappa shape index (κ1) is 13.0. The molecule has 88 valence electrons. The summed E-state index contributed by atoms with van der Waals surface area (Å²) in [6, 6.07) is 6.85. The van der Waals surface area contributed by atoms with Gasteiger partial charge in [0.25, 0.3) is 0 Å². The van der Waals surface area contributed by atoms with Crippen LogP contribution in [0.1, 0.15) is 25.0 Å². The molecule has 3 nitrogen and oxygen atoms in total. The molecule has 0 aliphatic rings. The molecular weight excluding hydrogens is 228 g/mol. The first-order valence-corrected chi connectivity index (χ1v) is 5.49. The molecule has 4 heteroatoms. The fourth-order valence-electron chi connectivity index (χ4n) is 1.59. The molecule has 0 aromatic heterocycles. The van der Waals surface area contributed by atoms with Crippen LogP contribution in [-0.2, 0) is 9.53 Å². The highest BCUT2D eigenvalue weighted by Gasteiger charge is 2.27. The van der Waals surface area contributed by atoms with Crippen molar-refractivity contribution in [2.45, 2.75) is 19.4 Å². The van der Waals surface area contributed by atoms with E-state index in [1.807, 2.05) is 6.92 Å². The Morgan fingerprint density at radius 3 is 2.75 bits per heavy atom. The van der Waals surface area contributed by atoms with Crippen LogP contribution in [0.3, 0.4) is 0 Å². The Morgan fingerprint density at radius 1 is 1.56 bits per heavy atom. The molecule has 0 fully saturated rings. The highest BCUT2D eigenvalue weighted by atomic mass is 35.5. The number of hydrogen-bond acceptors (Lipinski definition) is 3.